The molecule has 2 heterocycles. The number of hydrogen-bond acceptors (Lipinski definition) is 3. The van der Waals surface area contributed by atoms with Gasteiger partial charge in [-0.05, 0) is 30.4 Å². The number of nitrogens with zero attached hydrogens (tertiary/aromatic N) is 2. The minimum Gasteiger partial charge on any atom is -0.478 e. The minimum atomic E-state index is -0.886. The molecule has 4 heteroatoms. The zero-order chi connectivity index (χ0) is 14.6. The second-order valence-corrected chi connectivity index (χ2v) is 5.99. The standard InChI is InChI=1S/C16H24N2O2/c1-3-6-16(7-4-2)11-18(12-16)10-14-9-13(15(19)20)5-8-17-14/h5,8-9H,3-4,6-7,10-12H2,1-2H3,(H,19,20). The summed E-state index contributed by atoms with van der Waals surface area (Å²) in [6.45, 7) is 7.49. The number of carbonyl (C=O) groups is 1. The Kier molecular flexibility index (Phi) is 4.76. The molecule has 0 atom stereocenters. The van der Waals surface area contributed by atoms with E-state index in [0.29, 0.717) is 11.0 Å². The Morgan fingerprint density at radius 3 is 2.55 bits per heavy atom. The van der Waals surface area contributed by atoms with Crippen LogP contribution in [0.3, 0.4) is 0 Å². The predicted octanol–water partition coefficient (Wildman–Crippen LogP) is 3.18. The van der Waals surface area contributed by atoms with Crippen LogP contribution in [0.2, 0.25) is 0 Å². The quantitative estimate of drug-likeness (QED) is 0.831. The Hall–Kier alpha value is -1.42. The van der Waals surface area contributed by atoms with Gasteiger partial charge >= 0.3 is 5.97 Å². The molecule has 1 aliphatic heterocycles. The molecule has 0 amide bonds. The molecule has 110 valence electrons. The molecule has 1 aliphatic rings. The molecule has 0 spiro atoms. The van der Waals surface area contributed by atoms with Gasteiger partial charge in [0, 0.05) is 25.8 Å². The number of rotatable bonds is 7. The molecule has 1 saturated heterocycles. The Morgan fingerprint density at radius 1 is 1.35 bits per heavy atom. The molecule has 1 aromatic rings. The SMILES string of the molecule is CCCC1(CCC)CN(Cc2cc(C(=O)O)ccn2)C1. The third-order valence-corrected chi connectivity index (χ3v) is 4.13. The molecular weight excluding hydrogens is 252 g/mol. The van der Waals surface area contributed by atoms with Crippen molar-refractivity contribution in [3.8, 4) is 0 Å². The van der Waals surface area contributed by atoms with E-state index in [0.717, 1.165) is 25.3 Å². The van der Waals surface area contributed by atoms with E-state index >= 15 is 0 Å². The number of carboxylic acid groups (broad SMARTS) is 1. The first-order chi connectivity index (χ1) is 9.58. The van der Waals surface area contributed by atoms with E-state index in [1.807, 2.05) is 0 Å². The van der Waals surface area contributed by atoms with E-state index < -0.39 is 5.97 Å². The lowest BCUT2D eigenvalue weighted by molar-refractivity contribution is -0.0211. The highest BCUT2D eigenvalue weighted by Gasteiger charge is 2.40. The summed E-state index contributed by atoms with van der Waals surface area (Å²) in [7, 11) is 0. The number of aromatic carboxylic acids is 1. The highest BCUT2D eigenvalue weighted by molar-refractivity contribution is 5.87. The van der Waals surface area contributed by atoms with Gasteiger partial charge < -0.3 is 5.11 Å². The zero-order valence-electron chi connectivity index (χ0n) is 12.4. The molecule has 0 saturated carbocycles. The number of carboxylic acids is 1. The van der Waals surface area contributed by atoms with Gasteiger partial charge in [-0.25, -0.2) is 4.79 Å². The van der Waals surface area contributed by atoms with E-state index in [2.05, 4.69) is 23.7 Å². The Labute approximate surface area is 120 Å². The first-order valence-electron chi connectivity index (χ1n) is 7.49. The van der Waals surface area contributed by atoms with Gasteiger partial charge in [-0.15, -0.1) is 0 Å². The summed E-state index contributed by atoms with van der Waals surface area (Å²) in [5.41, 5.74) is 1.67. The van der Waals surface area contributed by atoms with E-state index in [9.17, 15) is 4.79 Å². The zero-order valence-corrected chi connectivity index (χ0v) is 12.4. The van der Waals surface area contributed by atoms with Crippen LogP contribution in [-0.4, -0.2) is 34.0 Å². The molecule has 2 rings (SSSR count). The number of hydrogen-bond donors (Lipinski definition) is 1. The maximum Gasteiger partial charge on any atom is 0.335 e. The van der Waals surface area contributed by atoms with Crippen LogP contribution in [-0.2, 0) is 6.54 Å². The normalized spacial score (nSPS) is 17.7. The van der Waals surface area contributed by atoms with E-state index in [4.69, 9.17) is 5.11 Å². The van der Waals surface area contributed by atoms with Gasteiger partial charge in [0.05, 0.1) is 11.3 Å². The molecule has 20 heavy (non-hydrogen) atoms. The van der Waals surface area contributed by atoms with Crippen LogP contribution in [0.4, 0.5) is 0 Å². The second-order valence-electron chi connectivity index (χ2n) is 5.99. The third kappa shape index (κ3) is 3.37. The van der Waals surface area contributed by atoms with Crippen molar-refractivity contribution < 1.29 is 9.90 Å². The van der Waals surface area contributed by atoms with Crippen LogP contribution in [0.1, 0.15) is 55.6 Å². The van der Waals surface area contributed by atoms with Crippen molar-refractivity contribution >= 4 is 5.97 Å². The Balaban J connectivity index is 1.93. The summed E-state index contributed by atoms with van der Waals surface area (Å²) in [4.78, 5) is 17.6. The lowest BCUT2D eigenvalue weighted by Crippen LogP contribution is -2.55. The maximum absolute atomic E-state index is 11.0. The molecule has 4 nitrogen and oxygen atoms in total. The van der Waals surface area contributed by atoms with Crippen LogP contribution in [0.5, 0.6) is 0 Å². The molecule has 1 aromatic heterocycles. The Bertz CT molecular complexity index is 459. The van der Waals surface area contributed by atoms with Crippen molar-refractivity contribution in [3.63, 3.8) is 0 Å². The number of pyridine rings is 1. The van der Waals surface area contributed by atoms with Crippen LogP contribution in [0.25, 0.3) is 0 Å². The van der Waals surface area contributed by atoms with E-state index in [-0.39, 0.29) is 0 Å². The van der Waals surface area contributed by atoms with Crippen LogP contribution in [0.15, 0.2) is 18.3 Å². The third-order valence-electron chi connectivity index (χ3n) is 4.13. The van der Waals surface area contributed by atoms with Crippen molar-refractivity contribution in [1.29, 1.82) is 0 Å². The number of aromatic nitrogens is 1. The van der Waals surface area contributed by atoms with Crippen LogP contribution in [0, 0.1) is 5.41 Å². The summed E-state index contributed by atoms with van der Waals surface area (Å²) >= 11 is 0. The average molecular weight is 276 g/mol. The van der Waals surface area contributed by atoms with Crippen molar-refractivity contribution in [2.24, 2.45) is 5.41 Å². The highest BCUT2D eigenvalue weighted by Crippen LogP contribution is 2.40. The molecule has 1 fully saturated rings. The molecule has 0 unspecified atom stereocenters. The van der Waals surface area contributed by atoms with Gasteiger partial charge in [-0.1, -0.05) is 26.7 Å². The molecule has 0 aliphatic carbocycles. The van der Waals surface area contributed by atoms with Crippen molar-refractivity contribution in [3.05, 3.63) is 29.6 Å². The monoisotopic (exact) mass is 276 g/mol. The van der Waals surface area contributed by atoms with E-state index in [1.54, 1.807) is 18.3 Å². The summed E-state index contributed by atoms with van der Waals surface area (Å²) in [5, 5.41) is 9.00. The molecule has 0 bridgehead atoms. The molecular formula is C16H24N2O2. The van der Waals surface area contributed by atoms with Crippen molar-refractivity contribution in [1.82, 2.24) is 9.88 Å². The predicted molar refractivity (Wildman–Crippen MR) is 78.7 cm³/mol. The van der Waals surface area contributed by atoms with Gasteiger partial charge in [0.25, 0.3) is 0 Å². The molecule has 0 aromatic carbocycles. The topological polar surface area (TPSA) is 53.4 Å². The van der Waals surface area contributed by atoms with Crippen molar-refractivity contribution in [2.75, 3.05) is 13.1 Å². The lowest BCUT2D eigenvalue weighted by atomic mass is 9.72. The smallest absolute Gasteiger partial charge is 0.335 e. The summed E-state index contributed by atoms with van der Waals surface area (Å²) in [6, 6.07) is 3.22. The first-order valence-corrected chi connectivity index (χ1v) is 7.49. The minimum absolute atomic E-state index is 0.323. The highest BCUT2D eigenvalue weighted by atomic mass is 16.4. The second kappa shape index (κ2) is 6.35. The summed E-state index contributed by atoms with van der Waals surface area (Å²) < 4.78 is 0. The average Bonchev–Trinajstić information content (AvgIpc) is 2.37. The molecule has 0 radical (unpaired) electrons. The fraction of sp³-hybridized carbons (Fsp3) is 0.625. The first kappa shape index (κ1) is 15.0. The van der Waals surface area contributed by atoms with Gasteiger partial charge in [-0.2, -0.15) is 0 Å². The van der Waals surface area contributed by atoms with Gasteiger partial charge in [-0.3, -0.25) is 9.88 Å². The number of likely N-dealkylation sites (tertiary alicyclic amines) is 1. The van der Waals surface area contributed by atoms with Crippen LogP contribution < -0.4 is 0 Å². The fourth-order valence-corrected chi connectivity index (χ4v) is 3.44. The Morgan fingerprint density at radius 2 is 2.00 bits per heavy atom. The molecule has 1 N–H and O–H groups in total. The maximum atomic E-state index is 11.0. The van der Waals surface area contributed by atoms with Gasteiger partial charge in [0.1, 0.15) is 0 Å². The van der Waals surface area contributed by atoms with Crippen molar-refractivity contribution in [2.45, 2.75) is 46.1 Å². The van der Waals surface area contributed by atoms with Crippen LogP contribution >= 0.6 is 0 Å². The van der Waals surface area contributed by atoms with Gasteiger partial charge in [0.2, 0.25) is 0 Å². The summed E-state index contributed by atoms with van der Waals surface area (Å²) in [5.74, 6) is -0.886. The fourth-order valence-electron chi connectivity index (χ4n) is 3.44. The van der Waals surface area contributed by atoms with E-state index in [1.165, 1.54) is 25.7 Å². The largest absolute Gasteiger partial charge is 0.478 e. The lowest BCUT2D eigenvalue weighted by Gasteiger charge is -2.50. The van der Waals surface area contributed by atoms with Gasteiger partial charge in [0.15, 0.2) is 0 Å². The summed E-state index contributed by atoms with van der Waals surface area (Å²) in [6.07, 6.45) is 6.64.